The zero-order valence-electron chi connectivity index (χ0n) is 19.4. The molecule has 2 atom stereocenters. The molecular formula is C27H28FNO4S. The van der Waals surface area contributed by atoms with Gasteiger partial charge in [0, 0.05) is 5.56 Å². The highest BCUT2D eigenvalue weighted by Gasteiger charge is 2.48. The topological polar surface area (TPSA) is 74.7 Å². The molecule has 0 amide bonds. The molecule has 0 saturated carbocycles. The summed E-state index contributed by atoms with van der Waals surface area (Å²) in [4.78, 5) is 11.7. The first-order chi connectivity index (χ1) is 16.1. The van der Waals surface area contributed by atoms with Gasteiger partial charge in [0.25, 0.3) is 0 Å². The Kier molecular flexibility index (Phi) is 6.25. The lowest BCUT2D eigenvalue weighted by Gasteiger charge is -2.44. The zero-order chi connectivity index (χ0) is 24.7. The molecule has 0 radical (unpaired) electrons. The average molecular weight is 482 g/mol. The van der Waals surface area contributed by atoms with Gasteiger partial charge in [0.15, 0.2) is 0 Å². The molecule has 34 heavy (non-hydrogen) atoms. The molecule has 0 aliphatic carbocycles. The van der Waals surface area contributed by atoms with Crippen molar-refractivity contribution in [2.75, 3.05) is 4.31 Å². The van der Waals surface area contributed by atoms with Gasteiger partial charge in [0.1, 0.15) is 11.1 Å². The Morgan fingerprint density at radius 2 is 1.68 bits per heavy atom. The predicted molar refractivity (Wildman–Crippen MR) is 131 cm³/mol. The van der Waals surface area contributed by atoms with E-state index >= 15 is 0 Å². The van der Waals surface area contributed by atoms with E-state index < -0.39 is 38.5 Å². The minimum Gasteiger partial charge on any atom is -0.481 e. The fourth-order valence-electron chi connectivity index (χ4n) is 5.19. The molecule has 0 aromatic heterocycles. The highest BCUT2D eigenvalue weighted by Crippen LogP contribution is 2.52. The lowest BCUT2D eigenvalue weighted by molar-refractivity contribution is -0.139. The van der Waals surface area contributed by atoms with E-state index in [2.05, 4.69) is 0 Å². The van der Waals surface area contributed by atoms with Crippen LogP contribution in [0.1, 0.15) is 56.0 Å². The van der Waals surface area contributed by atoms with Crippen molar-refractivity contribution in [3.8, 4) is 11.1 Å². The number of carbonyl (C=O) groups is 1. The monoisotopic (exact) mass is 481 g/mol. The molecule has 3 aromatic carbocycles. The van der Waals surface area contributed by atoms with Crippen molar-refractivity contribution in [1.82, 2.24) is 0 Å². The van der Waals surface area contributed by atoms with Crippen LogP contribution in [0.4, 0.5) is 10.1 Å². The lowest BCUT2D eigenvalue weighted by Crippen LogP contribution is -2.44. The first-order valence-corrected chi connectivity index (χ1v) is 12.8. The van der Waals surface area contributed by atoms with Crippen LogP contribution in [-0.2, 0) is 14.8 Å². The zero-order valence-corrected chi connectivity index (χ0v) is 20.2. The Balaban J connectivity index is 1.99. The van der Waals surface area contributed by atoms with Gasteiger partial charge in [-0.05, 0) is 46.7 Å². The summed E-state index contributed by atoms with van der Waals surface area (Å²) in [6.07, 6.45) is 0.0914. The first kappa shape index (κ1) is 24.0. The first-order valence-electron chi connectivity index (χ1n) is 11.3. The summed E-state index contributed by atoms with van der Waals surface area (Å²) in [6, 6.07) is 19.8. The molecule has 2 unspecified atom stereocenters. The summed E-state index contributed by atoms with van der Waals surface area (Å²) < 4.78 is 44.9. The van der Waals surface area contributed by atoms with Crippen molar-refractivity contribution in [2.24, 2.45) is 5.41 Å². The van der Waals surface area contributed by atoms with E-state index in [9.17, 15) is 22.7 Å². The second-order valence-electron chi connectivity index (χ2n) is 9.36. The Labute approximate surface area is 199 Å². The largest absolute Gasteiger partial charge is 0.481 e. The van der Waals surface area contributed by atoms with Crippen LogP contribution in [0.25, 0.3) is 11.1 Å². The number of para-hydroxylation sites is 1. The van der Waals surface area contributed by atoms with Crippen LogP contribution >= 0.6 is 0 Å². The summed E-state index contributed by atoms with van der Waals surface area (Å²) in [5.41, 5.74) is 2.02. The second kappa shape index (κ2) is 8.87. The van der Waals surface area contributed by atoms with Gasteiger partial charge in [0.05, 0.1) is 18.2 Å². The molecule has 1 aliphatic rings. The number of sulfonamides is 1. The lowest BCUT2D eigenvalue weighted by atomic mass is 9.82. The third-order valence-corrected chi connectivity index (χ3v) is 8.97. The van der Waals surface area contributed by atoms with Gasteiger partial charge in [0.2, 0.25) is 10.0 Å². The molecule has 0 spiro atoms. The van der Waals surface area contributed by atoms with E-state index in [1.165, 1.54) is 16.4 Å². The van der Waals surface area contributed by atoms with E-state index in [0.717, 1.165) is 5.56 Å². The van der Waals surface area contributed by atoms with E-state index in [1.54, 1.807) is 62.4 Å². The summed E-state index contributed by atoms with van der Waals surface area (Å²) >= 11 is 0. The second-order valence-corrected chi connectivity index (χ2v) is 11.3. The maximum absolute atomic E-state index is 14.6. The maximum Gasteiger partial charge on any atom is 0.303 e. The molecular weight excluding hydrogens is 453 g/mol. The van der Waals surface area contributed by atoms with Crippen LogP contribution in [0.3, 0.4) is 0 Å². The van der Waals surface area contributed by atoms with Crippen LogP contribution in [0.15, 0.2) is 72.8 Å². The van der Waals surface area contributed by atoms with E-state index in [4.69, 9.17) is 0 Å². The standard InChI is InChI=1S/C27H28FNO4S/c1-4-23-22-16-19(28)14-15-20(22)21-12-8-9-13-24(21)29(23)34(32,33)26(18-10-6-5-7-11-18)27(2,3)17-25(30)31/h5-16,23,26H,4,17H2,1-3H3,(H,30,31). The van der Waals surface area contributed by atoms with E-state index in [1.807, 2.05) is 19.1 Å². The molecule has 0 saturated heterocycles. The van der Waals surface area contributed by atoms with Gasteiger partial charge >= 0.3 is 5.97 Å². The molecule has 0 bridgehead atoms. The van der Waals surface area contributed by atoms with Crippen molar-refractivity contribution in [3.05, 3.63) is 89.7 Å². The van der Waals surface area contributed by atoms with Crippen LogP contribution in [0.2, 0.25) is 0 Å². The molecule has 0 fully saturated rings. The van der Waals surface area contributed by atoms with Crippen molar-refractivity contribution in [3.63, 3.8) is 0 Å². The maximum atomic E-state index is 14.6. The summed E-state index contributed by atoms with van der Waals surface area (Å²) in [5, 5.41) is 8.46. The molecule has 1 N–H and O–H groups in total. The number of carboxylic acid groups (broad SMARTS) is 1. The van der Waals surface area contributed by atoms with E-state index in [0.29, 0.717) is 28.8 Å². The number of aliphatic carboxylic acids is 1. The number of carboxylic acids is 1. The molecule has 3 aromatic rings. The van der Waals surface area contributed by atoms with Gasteiger partial charge in [-0.15, -0.1) is 0 Å². The number of nitrogens with zero attached hydrogens (tertiary/aromatic N) is 1. The number of halogens is 1. The SMILES string of the molecule is CCC1c2cc(F)ccc2-c2ccccc2N1S(=O)(=O)C(c1ccccc1)C(C)(C)CC(=O)O. The van der Waals surface area contributed by atoms with Gasteiger partial charge in [-0.3, -0.25) is 9.10 Å². The molecule has 4 rings (SSSR count). The Morgan fingerprint density at radius 1 is 1.03 bits per heavy atom. The number of rotatable bonds is 7. The number of benzene rings is 3. The van der Waals surface area contributed by atoms with Crippen molar-refractivity contribution < 1.29 is 22.7 Å². The highest BCUT2D eigenvalue weighted by atomic mass is 32.2. The number of anilines is 1. The quantitative estimate of drug-likeness (QED) is 0.428. The highest BCUT2D eigenvalue weighted by molar-refractivity contribution is 7.93. The van der Waals surface area contributed by atoms with Crippen LogP contribution in [0, 0.1) is 11.2 Å². The number of hydrogen-bond acceptors (Lipinski definition) is 3. The van der Waals surface area contributed by atoms with Crippen LogP contribution in [0.5, 0.6) is 0 Å². The normalized spacial score (nSPS) is 16.5. The molecule has 7 heteroatoms. The number of hydrogen-bond donors (Lipinski definition) is 1. The fourth-order valence-corrected chi connectivity index (χ4v) is 7.86. The Morgan fingerprint density at radius 3 is 2.32 bits per heavy atom. The van der Waals surface area contributed by atoms with Crippen molar-refractivity contribution in [1.29, 1.82) is 0 Å². The van der Waals surface area contributed by atoms with Crippen molar-refractivity contribution in [2.45, 2.75) is 44.9 Å². The average Bonchev–Trinajstić information content (AvgIpc) is 2.77. The summed E-state index contributed by atoms with van der Waals surface area (Å²) in [5.74, 6) is -1.50. The molecule has 178 valence electrons. The molecule has 5 nitrogen and oxygen atoms in total. The third-order valence-electron chi connectivity index (χ3n) is 6.47. The minimum atomic E-state index is -4.16. The van der Waals surface area contributed by atoms with Gasteiger partial charge in [-0.25, -0.2) is 12.8 Å². The van der Waals surface area contributed by atoms with E-state index in [-0.39, 0.29) is 6.42 Å². The molecule has 1 heterocycles. The third kappa shape index (κ3) is 4.09. The van der Waals surface area contributed by atoms with Crippen molar-refractivity contribution >= 4 is 21.7 Å². The van der Waals surface area contributed by atoms with Gasteiger partial charge in [-0.2, -0.15) is 0 Å². The van der Waals surface area contributed by atoms with Gasteiger partial charge < -0.3 is 5.11 Å². The fraction of sp³-hybridized carbons (Fsp3) is 0.296. The van der Waals surface area contributed by atoms with Crippen LogP contribution < -0.4 is 4.31 Å². The van der Waals surface area contributed by atoms with Crippen LogP contribution in [-0.4, -0.2) is 19.5 Å². The smallest absolute Gasteiger partial charge is 0.303 e. The molecule has 1 aliphatic heterocycles. The number of fused-ring (bicyclic) bond motifs is 3. The minimum absolute atomic E-state index is 0.330. The Bertz CT molecular complexity index is 1320. The summed E-state index contributed by atoms with van der Waals surface area (Å²) in [6.45, 7) is 5.21. The van der Waals surface area contributed by atoms with Gasteiger partial charge in [-0.1, -0.05) is 75.4 Å². The summed E-state index contributed by atoms with van der Waals surface area (Å²) in [7, 11) is -4.16. The predicted octanol–water partition coefficient (Wildman–Crippen LogP) is 6.34. The Hall–Kier alpha value is -3.19.